The number of hydrogen-bond donors (Lipinski definition) is 2. The number of alkyl halides is 3. The zero-order chi connectivity index (χ0) is 26.8. The number of aromatic nitrogens is 4. The van der Waals surface area contributed by atoms with Gasteiger partial charge in [-0.3, -0.25) is 9.36 Å². The maximum absolute atomic E-state index is 14.8. The first-order valence-electron chi connectivity index (χ1n) is 11.0. The molecule has 0 bridgehead atoms. The van der Waals surface area contributed by atoms with E-state index in [4.69, 9.17) is 4.74 Å². The van der Waals surface area contributed by atoms with Crippen molar-refractivity contribution in [1.29, 1.82) is 0 Å². The van der Waals surface area contributed by atoms with Crippen molar-refractivity contribution < 1.29 is 27.1 Å². The predicted octanol–water partition coefficient (Wildman–Crippen LogP) is 4.00. The monoisotopic (exact) mass is 511 g/mol. The second kappa shape index (κ2) is 10.1. The van der Waals surface area contributed by atoms with Crippen molar-refractivity contribution in [3.8, 4) is 11.4 Å². The molecule has 2 N–H and O–H groups in total. The largest absolute Gasteiger partial charge is 0.444 e. The number of alkyl carbamates (subject to hydrolysis) is 1. The van der Waals surface area contributed by atoms with Crippen LogP contribution in [-0.4, -0.2) is 37.3 Å². The minimum absolute atomic E-state index is 0.00975. The van der Waals surface area contributed by atoms with E-state index in [2.05, 4.69) is 20.3 Å². The van der Waals surface area contributed by atoms with Gasteiger partial charge in [-0.1, -0.05) is 0 Å². The van der Waals surface area contributed by atoms with Gasteiger partial charge in [0.1, 0.15) is 11.4 Å². The number of nitrogens with zero attached hydrogens (tertiary/aromatic N) is 3. The van der Waals surface area contributed by atoms with Crippen molar-refractivity contribution in [3.05, 3.63) is 56.7 Å². The van der Waals surface area contributed by atoms with E-state index < -0.39 is 40.5 Å². The molecule has 0 aliphatic rings. The Bertz CT molecular complexity index is 1380. The van der Waals surface area contributed by atoms with E-state index in [1.807, 2.05) is 0 Å². The smallest absolute Gasteiger partial charge is 0.419 e. The lowest BCUT2D eigenvalue weighted by Crippen LogP contribution is -2.38. The number of H-pyrrole nitrogens is 1. The highest BCUT2D eigenvalue weighted by Gasteiger charge is 2.31. The quantitative estimate of drug-likeness (QED) is 0.483. The molecule has 2 aromatic heterocycles. The Labute approximate surface area is 202 Å². The van der Waals surface area contributed by atoms with Crippen LogP contribution in [-0.2, 0) is 17.5 Å². The molecule has 0 radical (unpaired) electrons. The standard InChI is InChI=1S/C23H25F4N5O4/c1-12(30-21(35)36-22(2,3)4)6-5-7-32-19(33)15-8-16(24)14(9-17(15)31-20(32)34)18-28-10-13(11-29-18)23(25,26)27/h8-12H,5-7H2,1-4H3,(H,30,35)(H,31,34)/t12-/m0/s1. The lowest BCUT2D eigenvalue weighted by molar-refractivity contribution is -0.138. The SMILES string of the molecule is C[C@@H](CCCn1c(=O)[nH]c2cc(-c3ncc(C(F)(F)F)cn3)c(F)cc2c1=O)NC(=O)OC(C)(C)C. The Morgan fingerprint density at radius 1 is 1.17 bits per heavy atom. The summed E-state index contributed by atoms with van der Waals surface area (Å²) in [6.45, 7) is 6.96. The highest BCUT2D eigenvalue weighted by molar-refractivity contribution is 5.82. The minimum Gasteiger partial charge on any atom is -0.444 e. The highest BCUT2D eigenvalue weighted by atomic mass is 19.4. The van der Waals surface area contributed by atoms with E-state index in [9.17, 15) is 31.9 Å². The molecule has 9 nitrogen and oxygen atoms in total. The molecule has 194 valence electrons. The van der Waals surface area contributed by atoms with Gasteiger partial charge in [-0.25, -0.2) is 23.9 Å². The molecule has 0 saturated heterocycles. The summed E-state index contributed by atoms with van der Waals surface area (Å²) in [6.07, 6.45) is -3.41. The number of benzene rings is 1. The lowest BCUT2D eigenvalue weighted by atomic mass is 10.1. The fourth-order valence-electron chi connectivity index (χ4n) is 3.40. The first-order chi connectivity index (χ1) is 16.7. The average molecular weight is 511 g/mol. The van der Waals surface area contributed by atoms with Crippen molar-refractivity contribution in [2.45, 2.75) is 64.9 Å². The van der Waals surface area contributed by atoms with E-state index in [0.29, 0.717) is 25.2 Å². The van der Waals surface area contributed by atoms with Crippen molar-refractivity contribution in [1.82, 2.24) is 24.8 Å². The number of amides is 1. The molecule has 0 unspecified atom stereocenters. The molecule has 36 heavy (non-hydrogen) atoms. The molecule has 0 saturated carbocycles. The van der Waals surface area contributed by atoms with Crippen molar-refractivity contribution in [3.63, 3.8) is 0 Å². The number of ether oxygens (including phenoxy) is 1. The van der Waals surface area contributed by atoms with Crippen LogP contribution in [0, 0.1) is 5.82 Å². The van der Waals surface area contributed by atoms with Crippen LogP contribution in [0.5, 0.6) is 0 Å². The maximum atomic E-state index is 14.8. The topological polar surface area (TPSA) is 119 Å². The van der Waals surface area contributed by atoms with Gasteiger partial charge in [-0.2, -0.15) is 13.2 Å². The molecule has 1 atom stereocenters. The normalized spacial score (nSPS) is 13.0. The molecular weight excluding hydrogens is 486 g/mol. The van der Waals surface area contributed by atoms with Gasteiger partial charge in [0.2, 0.25) is 0 Å². The summed E-state index contributed by atoms with van der Waals surface area (Å²) in [6, 6.07) is 1.69. The van der Waals surface area contributed by atoms with Crippen LogP contribution in [0.15, 0.2) is 34.1 Å². The first-order valence-corrected chi connectivity index (χ1v) is 11.0. The molecule has 13 heteroatoms. The summed E-state index contributed by atoms with van der Waals surface area (Å²) in [5.41, 5.74) is -3.51. The van der Waals surface area contributed by atoms with Gasteiger partial charge in [-0.05, 0) is 52.7 Å². The summed E-state index contributed by atoms with van der Waals surface area (Å²) >= 11 is 0. The zero-order valence-electron chi connectivity index (χ0n) is 20.0. The van der Waals surface area contributed by atoms with Crippen LogP contribution in [0.25, 0.3) is 22.3 Å². The number of hydrogen-bond acceptors (Lipinski definition) is 6. The van der Waals surface area contributed by atoms with Gasteiger partial charge < -0.3 is 15.0 Å². The maximum Gasteiger partial charge on any atom is 0.419 e. The minimum atomic E-state index is -4.65. The van der Waals surface area contributed by atoms with E-state index in [1.54, 1.807) is 27.7 Å². The third-order valence-corrected chi connectivity index (χ3v) is 5.07. The van der Waals surface area contributed by atoms with E-state index in [-0.39, 0.29) is 34.9 Å². The average Bonchev–Trinajstić information content (AvgIpc) is 2.74. The summed E-state index contributed by atoms with van der Waals surface area (Å²) < 4.78 is 59.0. The van der Waals surface area contributed by atoms with Crippen LogP contribution in [0.1, 0.15) is 46.1 Å². The highest BCUT2D eigenvalue weighted by Crippen LogP contribution is 2.29. The second-order valence-corrected chi connectivity index (χ2v) is 9.25. The number of carbonyl (C=O) groups excluding carboxylic acids is 1. The van der Waals surface area contributed by atoms with Crippen molar-refractivity contribution >= 4 is 17.0 Å². The molecule has 1 aromatic carbocycles. The van der Waals surface area contributed by atoms with Gasteiger partial charge in [0.05, 0.1) is 22.0 Å². The van der Waals surface area contributed by atoms with Crippen LogP contribution in [0.2, 0.25) is 0 Å². The van der Waals surface area contributed by atoms with Crippen molar-refractivity contribution in [2.75, 3.05) is 0 Å². The van der Waals surface area contributed by atoms with Gasteiger partial charge in [0.15, 0.2) is 5.82 Å². The Kier molecular flexibility index (Phi) is 7.51. The predicted molar refractivity (Wildman–Crippen MR) is 123 cm³/mol. The van der Waals surface area contributed by atoms with Crippen molar-refractivity contribution in [2.24, 2.45) is 0 Å². The van der Waals surface area contributed by atoms with E-state index in [1.165, 1.54) is 0 Å². The van der Waals surface area contributed by atoms with Crippen LogP contribution in [0.3, 0.4) is 0 Å². The Balaban J connectivity index is 1.78. The molecule has 1 amide bonds. The van der Waals surface area contributed by atoms with Crippen LogP contribution >= 0.6 is 0 Å². The molecule has 0 aliphatic heterocycles. The summed E-state index contributed by atoms with van der Waals surface area (Å²) in [5, 5.41) is 2.54. The Hall–Kier alpha value is -3.77. The molecule has 0 fully saturated rings. The zero-order valence-corrected chi connectivity index (χ0v) is 20.0. The van der Waals surface area contributed by atoms with Gasteiger partial charge in [-0.15, -0.1) is 0 Å². The lowest BCUT2D eigenvalue weighted by Gasteiger charge is -2.22. The number of nitrogens with one attached hydrogen (secondary N) is 2. The Morgan fingerprint density at radius 2 is 1.81 bits per heavy atom. The molecule has 0 spiro atoms. The number of halogens is 4. The van der Waals surface area contributed by atoms with Gasteiger partial charge in [0, 0.05) is 25.0 Å². The van der Waals surface area contributed by atoms with Crippen LogP contribution < -0.4 is 16.6 Å². The van der Waals surface area contributed by atoms with Gasteiger partial charge in [0.25, 0.3) is 5.56 Å². The van der Waals surface area contributed by atoms with Crippen LogP contribution in [0.4, 0.5) is 22.4 Å². The molecule has 3 rings (SSSR count). The number of rotatable bonds is 6. The van der Waals surface area contributed by atoms with E-state index >= 15 is 0 Å². The first kappa shape index (κ1) is 26.8. The molecule has 3 aromatic rings. The summed E-state index contributed by atoms with van der Waals surface area (Å²) in [4.78, 5) is 46.8. The van der Waals surface area contributed by atoms with E-state index in [0.717, 1.165) is 16.7 Å². The Morgan fingerprint density at radius 3 is 2.39 bits per heavy atom. The molecule has 2 heterocycles. The summed E-state index contributed by atoms with van der Waals surface area (Å²) in [5.74, 6) is -1.27. The molecular formula is C23H25F4N5O4. The third kappa shape index (κ3) is 6.46. The third-order valence-electron chi connectivity index (χ3n) is 5.07. The fraction of sp³-hybridized carbons (Fsp3) is 0.435. The summed E-state index contributed by atoms with van der Waals surface area (Å²) in [7, 11) is 0. The number of fused-ring (bicyclic) bond motifs is 1. The van der Waals surface area contributed by atoms with Gasteiger partial charge >= 0.3 is 18.0 Å². The number of carbonyl (C=O) groups is 1. The second-order valence-electron chi connectivity index (χ2n) is 9.25. The fourth-order valence-corrected chi connectivity index (χ4v) is 3.40. The molecule has 0 aliphatic carbocycles. The number of aromatic amines is 1.